The van der Waals surface area contributed by atoms with E-state index in [1.54, 1.807) is 0 Å². The number of pyridine rings is 1. The Balaban J connectivity index is 1.80. The third-order valence-electron chi connectivity index (χ3n) is 2.77. The molecule has 0 saturated heterocycles. The molecule has 1 atom stereocenters. The smallest absolute Gasteiger partial charge is 0.433 e. The molecule has 19 heavy (non-hydrogen) atoms. The van der Waals surface area contributed by atoms with Crippen molar-refractivity contribution < 1.29 is 17.9 Å². The maximum Gasteiger partial charge on any atom is 0.433 e. The first kappa shape index (κ1) is 13.5. The highest BCUT2D eigenvalue weighted by Crippen LogP contribution is 2.28. The number of halogens is 3. The average molecular weight is 273 g/mol. The summed E-state index contributed by atoms with van der Waals surface area (Å²) in [4.78, 5) is 3.32. The number of nitrogens with one attached hydrogen (secondary N) is 1. The fraction of sp³-hybridized carbons (Fsp3) is 0.417. The van der Waals surface area contributed by atoms with Gasteiger partial charge in [0.25, 0.3) is 0 Å². The van der Waals surface area contributed by atoms with Crippen LogP contribution >= 0.6 is 0 Å². The zero-order valence-corrected chi connectivity index (χ0v) is 10.1. The van der Waals surface area contributed by atoms with Crippen molar-refractivity contribution in [2.24, 2.45) is 11.7 Å². The van der Waals surface area contributed by atoms with Crippen molar-refractivity contribution >= 4 is 0 Å². The lowest BCUT2D eigenvalue weighted by Crippen LogP contribution is -2.17. The number of nitrogens with zero attached hydrogens (tertiary/aromatic N) is 1. The molecule has 7 heteroatoms. The maximum atomic E-state index is 12.3. The molecule has 0 spiro atoms. The van der Waals surface area contributed by atoms with Crippen molar-refractivity contribution in [1.82, 2.24) is 10.3 Å². The van der Waals surface area contributed by atoms with Crippen LogP contribution in [0.15, 0.2) is 30.2 Å². The van der Waals surface area contributed by atoms with Crippen LogP contribution in [0.25, 0.3) is 0 Å². The predicted molar refractivity (Wildman–Crippen MR) is 63.1 cm³/mol. The number of ether oxygens (including phenoxy) is 1. The summed E-state index contributed by atoms with van der Waals surface area (Å²) in [5.41, 5.74) is 4.64. The summed E-state index contributed by atoms with van der Waals surface area (Å²) in [6, 6.07) is 2.18. The zero-order valence-electron chi connectivity index (χ0n) is 10.1. The van der Waals surface area contributed by atoms with Crippen LogP contribution < -0.4 is 15.8 Å². The Bertz CT molecular complexity index is 456. The molecular formula is C12H14F3N3O. The van der Waals surface area contributed by atoms with E-state index in [1.165, 1.54) is 6.07 Å². The Morgan fingerprint density at radius 3 is 2.74 bits per heavy atom. The zero-order chi connectivity index (χ0) is 13.9. The Kier molecular flexibility index (Phi) is 3.82. The summed E-state index contributed by atoms with van der Waals surface area (Å²) < 4.78 is 42.2. The van der Waals surface area contributed by atoms with Crippen LogP contribution in [0.5, 0.6) is 5.75 Å². The summed E-state index contributed by atoms with van der Waals surface area (Å²) in [7, 11) is 0. The number of rotatable bonds is 4. The third-order valence-corrected chi connectivity index (χ3v) is 2.77. The SMILES string of the molecule is NC1=C[C@H](CCOc2ccc(C(F)(F)F)nc2)CN1. The molecule has 2 rings (SSSR count). The molecule has 0 unspecified atom stereocenters. The molecule has 0 aromatic carbocycles. The number of alkyl halides is 3. The van der Waals surface area contributed by atoms with Crippen molar-refractivity contribution in [2.75, 3.05) is 13.2 Å². The van der Waals surface area contributed by atoms with Gasteiger partial charge in [-0.2, -0.15) is 13.2 Å². The Hall–Kier alpha value is -1.92. The molecule has 4 nitrogen and oxygen atoms in total. The molecule has 0 radical (unpaired) electrons. The first-order chi connectivity index (χ1) is 8.95. The van der Waals surface area contributed by atoms with Gasteiger partial charge >= 0.3 is 6.18 Å². The molecule has 1 aliphatic heterocycles. The van der Waals surface area contributed by atoms with Gasteiger partial charge in [-0.25, -0.2) is 4.98 Å². The molecule has 3 N–H and O–H groups in total. The first-order valence-corrected chi connectivity index (χ1v) is 5.82. The topological polar surface area (TPSA) is 60.2 Å². The average Bonchev–Trinajstić information content (AvgIpc) is 2.75. The Morgan fingerprint density at radius 1 is 1.42 bits per heavy atom. The summed E-state index contributed by atoms with van der Waals surface area (Å²) in [6.45, 7) is 1.17. The van der Waals surface area contributed by atoms with E-state index in [-0.39, 0.29) is 0 Å². The van der Waals surface area contributed by atoms with Gasteiger partial charge < -0.3 is 15.8 Å². The standard InChI is InChI=1S/C12H14F3N3O/c13-12(14,15)10-2-1-9(7-17-10)19-4-3-8-5-11(16)18-6-8/h1-2,5,7-8,18H,3-4,6,16H2/t8-/m0/s1. The minimum atomic E-state index is -4.42. The van der Waals surface area contributed by atoms with Crippen molar-refractivity contribution in [3.8, 4) is 5.75 Å². The van der Waals surface area contributed by atoms with E-state index < -0.39 is 11.9 Å². The first-order valence-electron chi connectivity index (χ1n) is 5.82. The van der Waals surface area contributed by atoms with Gasteiger partial charge in [-0.05, 0) is 24.6 Å². The van der Waals surface area contributed by atoms with Gasteiger partial charge in [0.2, 0.25) is 0 Å². The summed E-state index contributed by atoms with van der Waals surface area (Å²) in [5, 5.41) is 2.99. The van der Waals surface area contributed by atoms with Crippen LogP contribution in [-0.4, -0.2) is 18.1 Å². The van der Waals surface area contributed by atoms with E-state index in [9.17, 15) is 13.2 Å². The van der Waals surface area contributed by atoms with E-state index >= 15 is 0 Å². The lowest BCUT2D eigenvalue weighted by atomic mass is 10.1. The third kappa shape index (κ3) is 3.77. The molecular weight excluding hydrogens is 259 g/mol. The van der Waals surface area contributed by atoms with E-state index in [1.807, 2.05) is 6.08 Å². The Labute approximate surface area is 108 Å². The lowest BCUT2D eigenvalue weighted by Gasteiger charge is -2.10. The van der Waals surface area contributed by atoms with Crippen molar-refractivity contribution in [2.45, 2.75) is 12.6 Å². The second kappa shape index (κ2) is 5.38. The molecule has 1 aliphatic rings. The number of aromatic nitrogens is 1. The van der Waals surface area contributed by atoms with Gasteiger partial charge in [0, 0.05) is 12.5 Å². The fourth-order valence-electron chi connectivity index (χ4n) is 1.77. The maximum absolute atomic E-state index is 12.3. The number of hydrogen-bond acceptors (Lipinski definition) is 4. The summed E-state index contributed by atoms with van der Waals surface area (Å²) in [6.07, 6.45) is -0.681. The fourth-order valence-corrected chi connectivity index (χ4v) is 1.77. The minimum Gasteiger partial charge on any atom is -0.492 e. The molecule has 0 bridgehead atoms. The monoisotopic (exact) mass is 273 g/mol. The van der Waals surface area contributed by atoms with Crippen LogP contribution in [-0.2, 0) is 6.18 Å². The van der Waals surface area contributed by atoms with E-state index in [2.05, 4.69) is 10.3 Å². The Morgan fingerprint density at radius 2 is 2.21 bits per heavy atom. The molecule has 0 fully saturated rings. The highest BCUT2D eigenvalue weighted by molar-refractivity contribution is 5.21. The van der Waals surface area contributed by atoms with Gasteiger partial charge in [0.05, 0.1) is 18.6 Å². The molecule has 0 amide bonds. The number of hydrogen-bond donors (Lipinski definition) is 2. The largest absolute Gasteiger partial charge is 0.492 e. The van der Waals surface area contributed by atoms with Gasteiger partial charge in [-0.3, -0.25) is 0 Å². The van der Waals surface area contributed by atoms with E-state index in [0.29, 0.717) is 24.1 Å². The quantitative estimate of drug-likeness (QED) is 0.879. The normalized spacial score (nSPS) is 18.9. The van der Waals surface area contributed by atoms with Gasteiger partial charge in [0.15, 0.2) is 0 Å². The number of nitrogens with two attached hydrogens (primary N) is 1. The van der Waals surface area contributed by atoms with E-state index in [0.717, 1.165) is 25.2 Å². The van der Waals surface area contributed by atoms with Crippen molar-refractivity contribution in [1.29, 1.82) is 0 Å². The van der Waals surface area contributed by atoms with Gasteiger partial charge in [-0.1, -0.05) is 0 Å². The second-order valence-electron chi connectivity index (χ2n) is 4.28. The second-order valence-corrected chi connectivity index (χ2v) is 4.28. The van der Waals surface area contributed by atoms with Crippen LogP contribution in [0.3, 0.4) is 0 Å². The summed E-state index contributed by atoms with van der Waals surface area (Å²) >= 11 is 0. The van der Waals surface area contributed by atoms with Gasteiger partial charge in [0.1, 0.15) is 11.4 Å². The highest BCUT2D eigenvalue weighted by Gasteiger charge is 2.32. The molecule has 1 aromatic heterocycles. The molecule has 1 aromatic rings. The minimum absolute atomic E-state index is 0.294. The molecule has 0 saturated carbocycles. The van der Waals surface area contributed by atoms with E-state index in [4.69, 9.17) is 10.5 Å². The van der Waals surface area contributed by atoms with Crippen LogP contribution in [0, 0.1) is 5.92 Å². The predicted octanol–water partition coefficient (Wildman–Crippen LogP) is 1.89. The molecule has 2 heterocycles. The highest BCUT2D eigenvalue weighted by atomic mass is 19.4. The van der Waals surface area contributed by atoms with Crippen molar-refractivity contribution in [3.05, 3.63) is 35.9 Å². The van der Waals surface area contributed by atoms with Crippen LogP contribution in [0.1, 0.15) is 12.1 Å². The van der Waals surface area contributed by atoms with Crippen LogP contribution in [0.4, 0.5) is 13.2 Å². The summed E-state index contributed by atoms with van der Waals surface area (Å²) in [5.74, 6) is 1.28. The lowest BCUT2D eigenvalue weighted by molar-refractivity contribution is -0.141. The molecule has 104 valence electrons. The van der Waals surface area contributed by atoms with Gasteiger partial charge in [-0.15, -0.1) is 0 Å². The van der Waals surface area contributed by atoms with Crippen molar-refractivity contribution in [3.63, 3.8) is 0 Å². The van der Waals surface area contributed by atoms with Crippen LogP contribution in [0.2, 0.25) is 0 Å². The molecule has 0 aliphatic carbocycles.